The lowest BCUT2D eigenvalue weighted by Crippen LogP contribution is -2.45. The first kappa shape index (κ1) is 31.0. The van der Waals surface area contributed by atoms with Crippen LogP contribution in [0.2, 0.25) is 0 Å². The van der Waals surface area contributed by atoms with Gasteiger partial charge in [0.15, 0.2) is 0 Å². The topological polar surface area (TPSA) is 108 Å². The van der Waals surface area contributed by atoms with Gasteiger partial charge >= 0.3 is 0 Å². The van der Waals surface area contributed by atoms with Gasteiger partial charge in [0.25, 0.3) is 7.82 Å². The molecule has 0 spiro atoms. The van der Waals surface area contributed by atoms with Crippen molar-refractivity contribution in [3.63, 3.8) is 0 Å². The van der Waals surface area contributed by atoms with E-state index in [0.29, 0.717) is 17.4 Å². The number of phosphoric acid groups is 1. The summed E-state index contributed by atoms with van der Waals surface area (Å²) in [5.74, 6) is -0.242. The number of hydrogen-bond donors (Lipinski definition) is 2. The highest BCUT2D eigenvalue weighted by Crippen LogP contribution is 2.38. The monoisotopic (exact) mass is 476 g/mol. The Balaban J connectivity index is 4.83. The maximum absolute atomic E-state index is 12.2. The Kier molecular flexibility index (Phi) is 16.9. The second-order valence-corrected chi connectivity index (χ2v) is 10.4. The molecule has 0 aliphatic rings. The van der Waals surface area contributed by atoms with Gasteiger partial charge in [-0.2, -0.15) is 0 Å². The molecule has 2 N–H and O–H groups in total. The molecule has 0 saturated carbocycles. The summed E-state index contributed by atoms with van der Waals surface area (Å²) in [5, 5.41) is 13.2. The molecule has 0 aromatic rings. The van der Waals surface area contributed by atoms with Crippen LogP contribution in [0.1, 0.15) is 65.2 Å². The standard InChI is InChI=1S/C23H45N2O6P/c1-6-8-10-11-12-13-15-16-22(26)21(24-23(27)17-14-9-7-2)20-31-32(28,29)30-19-18-25(3,4)5/h10-11,15-16,21-22,26H,6-9,12-14,17-20H2,1-5H3,(H-,24,27,28,29)/b11-10+,16-15+. The highest BCUT2D eigenvalue weighted by atomic mass is 31.2. The van der Waals surface area contributed by atoms with Gasteiger partial charge in [-0.3, -0.25) is 9.36 Å². The van der Waals surface area contributed by atoms with Crippen LogP contribution in [0.4, 0.5) is 0 Å². The predicted molar refractivity (Wildman–Crippen MR) is 127 cm³/mol. The fourth-order valence-corrected chi connectivity index (χ4v) is 3.36. The van der Waals surface area contributed by atoms with Crippen molar-refractivity contribution in [1.29, 1.82) is 0 Å². The molecule has 0 aromatic carbocycles. The molecule has 188 valence electrons. The summed E-state index contributed by atoms with van der Waals surface area (Å²) >= 11 is 0. The lowest BCUT2D eigenvalue weighted by Gasteiger charge is -2.29. The number of likely N-dealkylation sites (N-methyl/N-ethyl adjacent to an activating group) is 1. The average Bonchev–Trinajstić information content (AvgIpc) is 2.69. The number of carbonyl (C=O) groups excluding carboxylic acids is 1. The summed E-state index contributed by atoms with van der Waals surface area (Å²) in [6.07, 6.45) is 13.3. The SMILES string of the molecule is CCC/C=C/CC/C=C/C(O)C(COP(=O)([O-])OCC[N+](C)(C)C)NC(=O)CCCCC. The third-order valence-corrected chi connectivity index (χ3v) is 5.61. The number of hydrogen-bond acceptors (Lipinski definition) is 6. The number of nitrogens with one attached hydrogen (secondary N) is 1. The van der Waals surface area contributed by atoms with E-state index in [1.54, 1.807) is 6.08 Å². The number of phosphoric ester groups is 1. The summed E-state index contributed by atoms with van der Waals surface area (Å²) < 4.78 is 22.5. The number of aliphatic hydroxyl groups excluding tert-OH is 1. The molecule has 1 amide bonds. The summed E-state index contributed by atoms with van der Waals surface area (Å²) in [7, 11) is 1.22. The van der Waals surface area contributed by atoms with Crippen LogP contribution in [0.3, 0.4) is 0 Å². The van der Waals surface area contributed by atoms with Crippen LogP contribution in [0, 0.1) is 0 Å². The van der Waals surface area contributed by atoms with Crippen LogP contribution < -0.4 is 10.2 Å². The van der Waals surface area contributed by atoms with Crippen molar-refractivity contribution in [2.24, 2.45) is 0 Å². The number of aliphatic hydroxyl groups is 1. The lowest BCUT2D eigenvalue weighted by molar-refractivity contribution is -0.870. The largest absolute Gasteiger partial charge is 0.756 e. The summed E-state index contributed by atoms with van der Waals surface area (Å²) in [5.41, 5.74) is 0. The molecule has 8 nitrogen and oxygen atoms in total. The fraction of sp³-hybridized carbons (Fsp3) is 0.783. The van der Waals surface area contributed by atoms with E-state index < -0.39 is 26.6 Å². The molecule has 3 unspecified atom stereocenters. The van der Waals surface area contributed by atoms with Gasteiger partial charge in [0.2, 0.25) is 5.91 Å². The van der Waals surface area contributed by atoms with Crippen LogP contribution in [0.5, 0.6) is 0 Å². The van der Waals surface area contributed by atoms with Crippen LogP contribution in [-0.2, 0) is 18.4 Å². The minimum Gasteiger partial charge on any atom is -0.756 e. The van der Waals surface area contributed by atoms with Crippen molar-refractivity contribution in [2.75, 3.05) is 40.9 Å². The van der Waals surface area contributed by atoms with Crippen molar-refractivity contribution < 1.29 is 32.9 Å². The number of carbonyl (C=O) groups is 1. The van der Waals surface area contributed by atoms with Gasteiger partial charge in [-0.1, -0.05) is 57.4 Å². The molecule has 0 aliphatic carbocycles. The van der Waals surface area contributed by atoms with E-state index in [1.165, 1.54) is 0 Å². The molecule has 0 heterocycles. The van der Waals surface area contributed by atoms with Crippen LogP contribution >= 0.6 is 7.82 Å². The Bertz CT molecular complexity index is 604. The molecule has 0 radical (unpaired) electrons. The Hall–Kier alpha value is -1.02. The second-order valence-electron chi connectivity index (χ2n) is 8.98. The highest BCUT2D eigenvalue weighted by Gasteiger charge is 2.23. The lowest BCUT2D eigenvalue weighted by atomic mass is 10.1. The zero-order chi connectivity index (χ0) is 24.5. The molecule has 0 bridgehead atoms. The van der Waals surface area contributed by atoms with Crippen LogP contribution in [-0.4, -0.2) is 68.5 Å². The van der Waals surface area contributed by atoms with Gasteiger partial charge in [0.05, 0.1) is 39.9 Å². The Labute approximate surface area is 194 Å². The first-order valence-corrected chi connectivity index (χ1v) is 13.2. The van der Waals surface area contributed by atoms with Gasteiger partial charge in [-0.15, -0.1) is 0 Å². The van der Waals surface area contributed by atoms with E-state index in [-0.39, 0.29) is 12.5 Å². The molecular formula is C23H45N2O6P. The van der Waals surface area contributed by atoms with Crippen LogP contribution in [0.15, 0.2) is 24.3 Å². The van der Waals surface area contributed by atoms with Crippen LogP contribution in [0.25, 0.3) is 0 Å². The van der Waals surface area contributed by atoms with E-state index in [2.05, 4.69) is 24.4 Å². The minimum atomic E-state index is -4.54. The van der Waals surface area contributed by atoms with E-state index in [1.807, 2.05) is 34.1 Å². The zero-order valence-corrected chi connectivity index (χ0v) is 21.5. The summed E-state index contributed by atoms with van der Waals surface area (Å²) in [6, 6.07) is -0.889. The molecule has 32 heavy (non-hydrogen) atoms. The molecule has 0 fully saturated rings. The van der Waals surface area contributed by atoms with E-state index in [4.69, 9.17) is 9.05 Å². The first-order chi connectivity index (χ1) is 15.0. The van der Waals surface area contributed by atoms with Crippen molar-refractivity contribution in [3.05, 3.63) is 24.3 Å². The van der Waals surface area contributed by atoms with Gasteiger partial charge in [0, 0.05) is 6.42 Å². The predicted octanol–water partition coefficient (Wildman–Crippen LogP) is 3.31. The molecule has 9 heteroatoms. The van der Waals surface area contributed by atoms with Crippen molar-refractivity contribution >= 4 is 13.7 Å². The second kappa shape index (κ2) is 17.5. The summed E-state index contributed by atoms with van der Waals surface area (Å²) in [6.45, 7) is 4.25. The third-order valence-electron chi connectivity index (χ3n) is 4.65. The molecule has 3 atom stereocenters. The smallest absolute Gasteiger partial charge is 0.268 e. The van der Waals surface area contributed by atoms with Gasteiger partial charge in [-0.05, 0) is 25.7 Å². The first-order valence-electron chi connectivity index (χ1n) is 11.7. The zero-order valence-electron chi connectivity index (χ0n) is 20.6. The van der Waals surface area contributed by atoms with Gasteiger partial charge in [-0.25, -0.2) is 0 Å². The van der Waals surface area contributed by atoms with E-state index in [9.17, 15) is 19.4 Å². The average molecular weight is 477 g/mol. The Morgan fingerprint density at radius 3 is 2.34 bits per heavy atom. The Morgan fingerprint density at radius 2 is 1.72 bits per heavy atom. The number of unbranched alkanes of at least 4 members (excludes halogenated alkanes) is 4. The van der Waals surface area contributed by atoms with Crippen molar-refractivity contribution in [3.8, 4) is 0 Å². The number of amides is 1. The number of rotatable bonds is 19. The minimum absolute atomic E-state index is 0.00761. The maximum Gasteiger partial charge on any atom is 0.268 e. The maximum atomic E-state index is 12.2. The number of quaternary nitrogens is 1. The van der Waals surface area contributed by atoms with Crippen molar-refractivity contribution in [2.45, 2.75) is 77.4 Å². The van der Waals surface area contributed by atoms with E-state index in [0.717, 1.165) is 44.9 Å². The van der Waals surface area contributed by atoms with E-state index >= 15 is 0 Å². The molecule has 0 aromatic heterocycles. The molecule has 0 saturated heterocycles. The third kappa shape index (κ3) is 18.5. The normalized spacial score (nSPS) is 16.3. The number of nitrogens with zero attached hydrogens (tertiary/aromatic N) is 1. The summed E-state index contributed by atoms with van der Waals surface area (Å²) in [4.78, 5) is 24.3. The Morgan fingerprint density at radius 1 is 1.06 bits per heavy atom. The quantitative estimate of drug-likeness (QED) is 0.128. The van der Waals surface area contributed by atoms with Gasteiger partial charge < -0.3 is 28.8 Å². The highest BCUT2D eigenvalue weighted by molar-refractivity contribution is 7.45. The molecule has 0 aliphatic heterocycles. The number of allylic oxidation sites excluding steroid dienone is 3. The molecular weight excluding hydrogens is 431 g/mol. The molecule has 0 rings (SSSR count). The van der Waals surface area contributed by atoms with Crippen molar-refractivity contribution in [1.82, 2.24) is 5.32 Å². The fourth-order valence-electron chi connectivity index (χ4n) is 2.64. The van der Waals surface area contributed by atoms with Gasteiger partial charge in [0.1, 0.15) is 13.2 Å².